The first-order valence-electron chi connectivity index (χ1n) is 8.52. The Kier molecular flexibility index (Phi) is 4.85. The van der Waals surface area contributed by atoms with Crippen LogP contribution in [-0.4, -0.2) is 41.4 Å². The number of carbonyl (C=O) groups excluding carboxylic acids is 2. The number of piperazine rings is 1. The minimum Gasteiger partial charge on any atom is -0.353 e. The summed E-state index contributed by atoms with van der Waals surface area (Å²) < 4.78 is 13.4. The Morgan fingerprint density at radius 2 is 2.25 bits per heavy atom. The molecule has 1 aromatic rings. The molecular weight excluding hydrogens is 309 g/mol. The van der Waals surface area contributed by atoms with Crippen LogP contribution in [0.2, 0.25) is 0 Å². The van der Waals surface area contributed by atoms with Crippen LogP contribution in [0.4, 0.5) is 4.39 Å². The molecule has 1 heterocycles. The van der Waals surface area contributed by atoms with Crippen LogP contribution in [0.3, 0.4) is 0 Å². The van der Waals surface area contributed by atoms with Crippen LogP contribution in [0.25, 0.3) is 0 Å². The summed E-state index contributed by atoms with van der Waals surface area (Å²) in [6.45, 7) is 3.70. The molecule has 130 valence electrons. The van der Waals surface area contributed by atoms with Gasteiger partial charge in [0, 0.05) is 25.2 Å². The van der Waals surface area contributed by atoms with Gasteiger partial charge in [0.1, 0.15) is 5.82 Å². The number of amides is 2. The first kappa shape index (κ1) is 16.9. The molecule has 1 aromatic carbocycles. The average Bonchev–Trinajstić information content (AvgIpc) is 2.49. The largest absolute Gasteiger partial charge is 0.353 e. The van der Waals surface area contributed by atoms with E-state index in [1.54, 1.807) is 6.07 Å². The van der Waals surface area contributed by atoms with E-state index in [1.807, 2.05) is 17.9 Å². The minimum atomic E-state index is -0.509. The van der Waals surface area contributed by atoms with Crippen molar-refractivity contribution >= 4 is 11.8 Å². The summed E-state index contributed by atoms with van der Waals surface area (Å²) in [4.78, 5) is 26.5. The molecule has 2 N–H and O–H groups in total. The summed E-state index contributed by atoms with van der Waals surface area (Å²) in [5.41, 5.74) is 0.691. The van der Waals surface area contributed by atoms with Gasteiger partial charge in [0.15, 0.2) is 0 Å². The molecule has 1 aliphatic carbocycles. The zero-order valence-corrected chi connectivity index (χ0v) is 14.0. The molecule has 1 saturated carbocycles. The van der Waals surface area contributed by atoms with Crippen LogP contribution >= 0.6 is 0 Å². The van der Waals surface area contributed by atoms with Crippen LogP contribution in [0, 0.1) is 5.82 Å². The topological polar surface area (TPSA) is 61.4 Å². The van der Waals surface area contributed by atoms with E-state index in [2.05, 4.69) is 10.6 Å². The Labute approximate surface area is 141 Å². The maximum Gasteiger partial charge on any atom is 0.237 e. The zero-order valence-electron chi connectivity index (χ0n) is 14.0. The van der Waals surface area contributed by atoms with Gasteiger partial charge in [0.05, 0.1) is 12.5 Å². The van der Waals surface area contributed by atoms with Crippen molar-refractivity contribution in [2.24, 2.45) is 0 Å². The highest BCUT2D eigenvalue weighted by atomic mass is 19.1. The monoisotopic (exact) mass is 333 g/mol. The quantitative estimate of drug-likeness (QED) is 0.860. The van der Waals surface area contributed by atoms with Gasteiger partial charge in [-0.3, -0.25) is 14.5 Å². The van der Waals surface area contributed by atoms with Crippen molar-refractivity contribution in [3.05, 3.63) is 35.6 Å². The summed E-state index contributed by atoms with van der Waals surface area (Å²) >= 11 is 0. The lowest BCUT2D eigenvalue weighted by Crippen LogP contribution is -2.58. The van der Waals surface area contributed by atoms with Crippen molar-refractivity contribution in [3.8, 4) is 0 Å². The SMILES string of the molecule is CC1(NC(=O)CC2C(=O)NCCN2Cc2cccc(F)c2)CCC1. The summed E-state index contributed by atoms with van der Waals surface area (Å²) in [6.07, 6.45) is 3.24. The highest BCUT2D eigenvalue weighted by Crippen LogP contribution is 2.31. The molecule has 0 radical (unpaired) electrons. The van der Waals surface area contributed by atoms with E-state index in [1.165, 1.54) is 12.1 Å². The minimum absolute atomic E-state index is 0.0940. The number of rotatable bonds is 5. The zero-order chi connectivity index (χ0) is 17.2. The second-order valence-corrected chi connectivity index (χ2v) is 7.07. The van der Waals surface area contributed by atoms with Crippen molar-refractivity contribution < 1.29 is 14.0 Å². The molecule has 0 spiro atoms. The third-order valence-corrected chi connectivity index (χ3v) is 4.99. The van der Waals surface area contributed by atoms with Gasteiger partial charge in [-0.25, -0.2) is 4.39 Å². The Hall–Kier alpha value is -1.95. The Morgan fingerprint density at radius 3 is 2.92 bits per heavy atom. The predicted molar refractivity (Wildman–Crippen MR) is 88.6 cm³/mol. The summed E-state index contributed by atoms with van der Waals surface area (Å²) in [5, 5.41) is 5.87. The van der Waals surface area contributed by atoms with Gasteiger partial charge in [-0.15, -0.1) is 0 Å². The first-order valence-corrected chi connectivity index (χ1v) is 8.52. The summed E-state index contributed by atoms with van der Waals surface area (Å²) in [6, 6.07) is 5.86. The third kappa shape index (κ3) is 3.93. The molecule has 1 aliphatic heterocycles. The predicted octanol–water partition coefficient (Wildman–Crippen LogP) is 1.57. The highest BCUT2D eigenvalue weighted by Gasteiger charge is 2.36. The second kappa shape index (κ2) is 6.89. The Balaban J connectivity index is 1.65. The fourth-order valence-corrected chi connectivity index (χ4v) is 3.44. The molecule has 1 saturated heterocycles. The molecule has 0 bridgehead atoms. The number of nitrogens with one attached hydrogen (secondary N) is 2. The van der Waals surface area contributed by atoms with Crippen LogP contribution in [0.5, 0.6) is 0 Å². The van der Waals surface area contributed by atoms with Gasteiger partial charge in [0.2, 0.25) is 11.8 Å². The number of nitrogens with zero attached hydrogens (tertiary/aromatic N) is 1. The van der Waals surface area contributed by atoms with Gasteiger partial charge in [-0.2, -0.15) is 0 Å². The van der Waals surface area contributed by atoms with Crippen molar-refractivity contribution in [1.82, 2.24) is 15.5 Å². The smallest absolute Gasteiger partial charge is 0.237 e. The first-order chi connectivity index (χ1) is 11.5. The Bertz CT molecular complexity index is 630. The molecule has 5 nitrogen and oxygen atoms in total. The molecule has 2 amide bonds. The third-order valence-electron chi connectivity index (χ3n) is 4.99. The van der Waals surface area contributed by atoms with E-state index < -0.39 is 6.04 Å². The number of hydrogen-bond acceptors (Lipinski definition) is 3. The molecule has 6 heteroatoms. The molecular formula is C18H24FN3O2. The molecule has 1 atom stereocenters. The van der Waals surface area contributed by atoms with E-state index in [4.69, 9.17) is 0 Å². The van der Waals surface area contributed by atoms with E-state index in [0.717, 1.165) is 24.8 Å². The van der Waals surface area contributed by atoms with E-state index in [-0.39, 0.29) is 29.6 Å². The maximum absolute atomic E-state index is 13.4. The van der Waals surface area contributed by atoms with Gasteiger partial charge in [0.25, 0.3) is 0 Å². The van der Waals surface area contributed by atoms with Gasteiger partial charge < -0.3 is 10.6 Å². The number of hydrogen-bond donors (Lipinski definition) is 2. The van der Waals surface area contributed by atoms with Gasteiger partial charge >= 0.3 is 0 Å². The van der Waals surface area contributed by atoms with Gasteiger partial charge in [-0.1, -0.05) is 12.1 Å². The lowest BCUT2D eigenvalue weighted by atomic mass is 9.78. The van der Waals surface area contributed by atoms with Crippen molar-refractivity contribution in [3.63, 3.8) is 0 Å². The highest BCUT2D eigenvalue weighted by molar-refractivity contribution is 5.89. The number of halogens is 1. The molecule has 2 fully saturated rings. The van der Waals surface area contributed by atoms with Crippen LogP contribution < -0.4 is 10.6 Å². The van der Waals surface area contributed by atoms with E-state index >= 15 is 0 Å². The molecule has 1 unspecified atom stereocenters. The average molecular weight is 333 g/mol. The fraction of sp³-hybridized carbons (Fsp3) is 0.556. The van der Waals surface area contributed by atoms with Crippen molar-refractivity contribution in [2.45, 2.75) is 50.7 Å². The standard InChI is InChI=1S/C18H24FN3O2/c1-18(6-3-7-18)21-16(23)11-15-17(24)20-8-9-22(15)12-13-4-2-5-14(19)10-13/h2,4-5,10,15H,3,6-9,11-12H2,1H3,(H,20,24)(H,21,23). The lowest BCUT2D eigenvalue weighted by Gasteiger charge is -2.40. The van der Waals surface area contributed by atoms with Crippen LogP contribution in [0.15, 0.2) is 24.3 Å². The molecule has 24 heavy (non-hydrogen) atoms. The van der Waals surface area contributed by atoms with E-state index in [0.29, 0.717) is 19.6 Å². The van der Waals surface area contributed by atoms with Crippen LogP contribution in [0.1, 0.15) is 38.2 Å². The van der Waals surface area contributed by atoms with E-state index in [9.17, 15) is 14.0 Å². The fourth-order valence-electron chi connectivity index (χ4n) is 3.44. The molecule has 0 aromatic heterocycles. The molecule has 2 aliphatic rings. The van der Waals surface area contributed by atoms with Crippen molar-refractivity contribution in [1.29, 1.82) is 0 Å². The number of carbonyl (C=O) groups is 2. The van der Waals surface area contributed by atoms with Crippen LogP contribution in [-0.2, 0) is 16.1 Å². The van der Waals surface area contributed by atoms with Crippen molar-refractivity contribution in [2.75, 3.05) is 13.1 Å². The number of benzene rings is 1. The maximum atomic E-state index is 13.4. The normalized spacial score (nSPS) is 23.2. The summed E-state index contributed by atoms with van der Waals surface area (Å²) in [7, 11) is 0. The second-order valence-electron chi connectivity index (χ2n) is 7.07. The molecule has 3 rings (SSSR count). The lowest BCUT2D eigenvalue weighted by molar-refractivity contribution is -0.135. The van der Waals surface area contributed by atoms with Gasteiger partial charge in [-0.05, 0) is 43.9 Å². The Morgan fingerprint density at radius 1 is 1.46 bits per heavy atom. The summed E-state index contributed by atoms with van der Waals surface area (Å²) in [5.74, 6) is -0.517.